The minimum absolute atomic E-state index is 0.665. The maximum absolute atomic E-state index is 5.39. The molecule has 0 amide bonds. The van der Waals surface area contributed by atoms with Crippen molar-refractivity contribution in [2.75, 3.05) is 0 Å². The molecule has 0 aliphatic carbocycles. The number of aromatic nitrogens is 3. The summed E-state index contributed by atoms with van der Waals surface area (Å²) in [6.45, 7) is 0. The third-order valence-electron chi connectivity index (χ3n) is 11.3. The second-order valence-electron chi connectivity index (χ2n) is 14.3. The van der Waals surface area contributed by atoms with Crippen molar-refractivity contribution in [1.82, 2.24) is 15.0 Å². The van der Waals surface area contributed by atoms with Gasteiger partial charge < -0.3 is 0 Å². The molecular formula is C49H25N3S3. The summed E-state index contributed by atoms with van der Waals surface area (Å²) in [6.07, 6.45) is 0. The molecule has 13 aromatic rings. The topological polar surface area (TPSA) is 38.7 Å². The number of benzene rings is 9. The Morgan fingerprint density at radius 3 is 1.56 bits per heavy atom. The summed E-state index contributed by atoms with van der Waals surface area (Å²) in [7, 11) is 0. The number of thiophene rings is 2. The van der Waals surface area contributed by atoms with E-state index in [1.807, 2.05) is 52.2 Å². The standard InChI is InChI=1S/C49H25N3S3/c1-2-10-26(11-3-1)47-50-48(28-18-19-34-32-16-7-6-14-30(32)31-15-8-9-17-33(31)36(34)24-28)52-49(51-47)35-20-21-39-43-41-37(53-39)22-23-38-42(41)44-40(54-38)25-27-12-4-5-13-29(27)45(44)55-46(35)43/h1-25H. The molecule has 0 bridgehead atoms. The van der Waals surface area contributed by atoms with Crippen LogP contribution in [0.4, 0.5) is 0 Å². The van der Waals surface area contributed by atoms with Crippen LogP contribution in [-0.4, -0.2) is 15.0 Å². The Morgan fingerprint density at radius 2 is 0.836 bits per heavy atom. The van der Waals surface area contributed by atoms with Crippen LogP contribution in [0.25, 0.3) is 127 Å². The summed E-state index contributed by atoms with van der Waals surface area (Å²) in [5.74, 6) is 2.01. The number of fused-ring (bicyclic) bond motifs is 8. The number of hydrogen-bond acceptors (Lipinski definition) is 6. The van der Waals surface area contributed by atoms with E-state index in [2.05, 4.69) is 133 Å². The minimum atomic E-state index is 0.665. The SMILES string of the molecule is c1ccc(-c2nc(-c3ccc4c5ccccc5c5ccccc5c4c3)nc(-c3ccc4sc5ccc6sc7cc8ccccc8c8sc3c4c5c6c78)n2)cc1. The van der Waals surface area contributed by atoms with Crippen LogP contribution < -0.4 is 0 Å². The maximum Gasteiger partial charge on any atom is 0.165 e. The maximum atomic E-state index is 5.39. The smallest absolute Gasteiger partial charge is 0.165 e. The molecule has 6 heteroatoms. The monoisotopic (exact) mass is 751 g/mol. The molecule has 0 saturated carbocycles. The quantitative estimate of drug-likeness (QED) is 0.169. The molecule has 0 fully saturated rings. The van der Waals surface area contributed by atoms with E-state index in [1.54, 1.807) is 0 Å². The lowest BCUT2D eigenvalue weighted by atomic mass is 9.93. The molecule has 0 unspecified atom stereocenters. The van der Waals surface area contributed by atoms with Crippen LogP contribution in [-0.2, 0) is 0 Å². The van der Waals surface area contributed by atoms with Crippen molar-refractivity contribution in [2.24, 2.45) is 0 Å². The van der Waals surface area contributed by atoms with Crippen LogP contribution in [0.5, 0.6) is 0 Å². The fourth-order valence-corrected chi connectivity index (χ4v) is 12.7. The minimum Gasteiger partial charge on any atom is -0.208 e. The summed E-state index contributed by atoms with van der Waals surface area (Å²) < 4.78 is 7.80. The van der Waals surface area contributed by atoms with Crippen LogP contribution in [0.15, 0.2) is 152 Å². The normalized spacial score (nSPS) is 12.4. The van der Waals surface area contributed by atoms with Gasteiger partial charge in [-0.1, -0.05) is 115 Å². The van der Waals surface area contributed by atoms with Gasteiger partial charge in [-0.2, -0.15) is 0 Å². The van der Waals surface area contributed by atoms with Gasteiger partial charge in [-0.05, 0) is 79.5 Å². The second kappa shape index (κ2) is 11.1. The zero-order valence-corrected chi connectivity index (χ0v) is 31.4. The molecular weight excluding hydrogens is 727 g/mol. The van der Waals surface area contributed by atoms with Gasteiger partial charge in [0, 0.05) is 66.4 Å². The summed E-state index contributed by atoms with van der Waals surface area (Å²) in [4.78, 5) is 15.9. The predicted octanol–water partition coefficient (Wildman–Crippen LogP) is 14.9. The van der Waals surface area contributed by atoms with E-state index in [4.69, 9.17) is 15.0 Å². The Bertz CT molecular complexity index is 3690. The first kappa shape index (κ1) is 30.1. The second-order valence-corrected chi connectivity index (χ2v) is 17.4. The van der Waals surface area contributed by atoms with Gasteiger partial charge in [-0.15, -0.1) is 34.0 Å². The summed E-state index contributed by atoms with van der Waals surface area (Å²) in [6, 6.07) is 54.8. The van der Waals surface area contributed by atoms with E-state index in [0.29, 0.717) is 17.5 Å². The molecule has 254 valence electrons. The molecule has 0 radical (unpaired) electrons. The molecule has 0 atom stereocenters. The van der Waals surface area contributed by atoms with E-state index in [9.17, 15) is 0 Å². The fourth-order valence-electron chi connectivity index (χ4n) is 8.84. The molecule has 0 N–H and O–H groups in total. The Balaban J connectivity index is 1.14. The van der Waals surface area contributed by atoms with Gasteiger partial charge in [0.1, 0.15) is 0 Å². The van der Waals surface area contributed by atoms with Crippen molar-refractivity contribution in [3.63, 3.8) is 0 Å². The Morgan fingerprint density at radius 1 is 0.309 bits per heavy atom. The average Bonchev–Trinajstić information content (AvgIpc) is 3.76. The molecule has 0 saturated heterocycles. The molecule has 9 aromatic carbocycles. The number of rotatable bonds is 3. The molecule has 0 aliphatic rings. The van der Waals surface area contributed by atoms with Crippen LogP contribution in [0.3, 0.4) is 0 Å². The van der Waals surface area contributed by atoms with Crippen LogP contribution in [0.2, 0.25) is 0 Å². The number of hydrogen-bond donors (Lipinski definition) is 0. The molecule has 0 aliphatic heterocycles. The lowest BCUT2D eigenvalue weighted by molar-refractivity contribution is 1.08. The first-order valence-corrected chi connectivity index (χ1v) is 20.8. The first-order chi connectivity index (χ1) is 27.2. The molecule has 3 nitrogen and oxygen atoms in total. The largest absolute Gasteiger partial charge is 0.208 e. The highest BCUT2D eigenvalue weighted by Crippen LogP contribution is 2.53. The van der Waals surface area contributed by atoms with Crippen molar-refractivity contribution < 1.29 is 0 Å². The molecule has 4 heterocycles. The van der Waals surface area contributed by atoms with Crippen molar-refractivity contribution in [1.29, 1.82) is 0 Å². The van der Waals surface area contributed by atoms with Crippen molar-refractivity contribution in [3.05, 3.63) is 152 Å². The third kappa shape index (κ3) is 4.21. The fraction of sp³-hybridized carbons (Fsp3) is 0. The van der Waals surface area contributed by atoms with Crippen molar-refractivity contribution >= 4 is 127 Å². The van der Waals surface area contributed by atoms with Gasteiger partial charge in [0.15, 0.2) is 17.5 Å². The molecule has 13 rings (SSSR count). The lowest BCUT2D eigenvalue weighted by Gasteiger charge is -2.13. The van der Waals surface area contributed by atoms with Gasteiger partial charge in [-0.25, -0.2) is 15.0 Å². The van der Waals surface area contributed by atoms with Crippen LogP contribution in [0, 0.1) is 0 Å². The average molecular weight is 752 g/mol. The van der Waals surface area contributed by atoms with Crippen molar-refractivity contribution in [2.45, 2.75) is 0 Å². The zero-order valence-electron chi connectivity index (χ0n) is 29.0. The summed E-state index contributed by atoms with van der Waals surface area (Å²) >= 11 is 5.67. The van der Waals surface area contributed by atoms with E-state index in [-0.39, 0.29) is 0 Å². The summed E-state index contributed by atoms with van der Waals surface area (Å²) in [5, 5.41) is 15.4. The summed E-state index contributed by atoms with van der Waals surface area (Å²) in [5.41, 5.74) is 2.96. The van der Waals surface area contributed by atoms with Gasteiger partial charge in [0.2, 0.25) is 0 Å². The Kier molecular flexibility index (Phi) is 6.08. The van der Waals surface area contributed by atoms with Gasteiger partial charge >= 0.3 is 0 Å². The molecule has 0 spiro atoms. The predicted molar refractivity (Wildman–Crippen MR) is 239 cm³/mol. The Labute approximate surface area is 325 Å². The zero-order chi connectivity index (χ0) is 35.8. The van der Waals surface area contributed by atoms with E-state index < -0.39 is 0 Å². The Hall–Kier alpha value is -6.31. The van der Waals surface area contributed by atoms with Crippen LogP contribution >= 0.6 is 34.0 Å². The van der Waals surface area contributed by atoms with E-state index >= 15 is 0 Å². The number of nitrogens with zero attached hydrogens (tertiary/aromatic N) is 3. The highest BCUT2D eigenvalue weighted by molar-refractivity contribution is 7.32. The van der Waals surface area contributed by atoms with Gasteiger partial charge in [-0.3, -0.25) is 0 Å². The van der Waals surface area contributed by atoms with E-state index in [0.717, 1.165) is 16.7 Å². The highest BCUT2D eigenvalue weighted by atomic mass is 32.1. The van der Waals surface area contributed by atoms with Gasteiger partial charge in [0.25, 0.3) is 0 Å². The lowest BCUT2D eigenvalue weighted by Crippen LogP contribution is -2.00. The van der Waals surface area contributed by atoms with Crippen molar-refractivity contribution in [3.8, 4) is 34.2 Å². The van der Waals surface area contributed by atoms with Crippen LogP contribution in [0.1, 0.15) is 0 Å². The molecule has 55 heavy (non-hydrogen) atoms. The first-order valence-electron chi connectivity index (χ1n) is 18.3. The van der Waals surface area contributed by atoms with Gasteiger partial charge in [0.05, 0.1) is 0 Å². The van der Waals surface area contributed by atoms with E-state index in [1.165, 1.54) is 92.8 Å². The third-order valence-corrected chi connectivity index (χ3v) is 14.7. The molecule has 4 aromatic heterocycles. The highest BCUT2D eigenvalue weighted by Gasteiger charge is 2.23.